The van der Waals surface area contributed by atoms with Gasteiger partial charge in [0.15, 0.2) is 6.10 Å². The SMILES string of the molecule is CCCCCCCC/C=C\CCCCCCCC(=O)OC[C@H](COP(=O)(O)OCCN)OC(=O)CCCCCCCCCCCCC. The molecule has 0 saturated carbocycles. The van der Waals surface area contributed by atoms with E-state index in [4.69, 9.17) is 24.3 Å². The van der Waals surface area contributed by atoms with Crippen LogP contribution in [0.5, 0.6) is 0 Å². The van der Waals surface area contributed by atoms with E-state index in [1.165, 1.54) is 96.3 Å². The Hall–Kier alpha value is -1.25. The van der Waals surface area contributed by atoms with E-state index >= 15 is 0 Å². The maximum Gasteiger partial charge on any atom is 0.472 e. The summed E-state index contributed by atoms with van der Waals surface area (Å²) < 4.78 is 32.6. The first-order valence-corrected chi connectivity index (χ1v) is 20.7. The Balaban J connectivity index is 4.20. The lowest BCUT2D eigenvalue weighted by molar-refractivity contribution is -0.161. The number of hydrogen-bond acceptors (Lipinski definition) is 8. The minimum absolute atomic E-state index is 0.0548. The average molecular weight is 690 g/mol. The summed E-state index contributed by atoms with van der Waals surface area (Å²) in [4.78, 5) is 34.6. The van der Waals surface area contributed by atoms with Gasteiger partial charge in [0.1, 0.15) is 6.61 Å². The Labute approximate surface area is 288 Å². The maximum atomic E-state index is 12.5. The molecule has 0 aliphatic rings. The van der Waals surface area contributed by atoms with Gasteiger partial charge in [0.2, 0.25) is 0 Å². The number of nitrogens with two attached hydrogens (primary N) is 1. The second-order valence-corrected chi connectivity index (χ2v) is 14.3. The monoisotopic (exact) mass is 689 g/mol. The molecule has 0 bridgehead atoms. The summed E-state index contributed by atoms with van der Waals surface area (Å²) in [6, 6.07) is 0. The van der Waals surface area contributed by atoms with E-state index in [9.17, 15) is 19.0 Å². The number of carbonyl (C=O) groups excluding carboxylic acids is 2. The normalized spacial score (nSPS) is 13.5. The Morgan fingerprint density at radius 2 is 1.04 bits per heavy atom. The van der Waals surface area contributed by atoms with E-state index in [0.717, 1.165) is 51.4 Å². The molecule has 0 spiro atoms. The van der Waals surface area contributed by atoms with Crippen molar-refractivity contribution in [1.82, 2.24) is 0 Å². The van der Waals surface area contributed by atoms with Crippen molar-refractivity contribution in [1.29, 1.82) is 0 Å². The molecule has 0 aromatic carbocycles. The summed E-state index contributed by atoms with van der Waals surface area (Å²) in [5, 5.41) is 0. The van der Waals surface area contributed by atoms with Crippen molar-refractivity contribution in [2.75, 3.05) is 26.4 Å². The maximum absolute atomic E-state index is 12.5. The zero-order chi connectivity index (χ0) is 34.7. The number of esters is 2. The summed E-state index contributed by atoms with van der Waals surface area (Å²) in [6.07, 6.45) is 32.4. The van der Waals surface area contributed by atoms with Gasteiger partial charge in [0.05, 0.1) is 13.2 Å². The van der Waals surface area contributed by atoms with Crippen LogP contribution in [0.1, 0.15) is 181 Å². The summed E-state index contributed by atoms with van der Waals surface area (Å²) in [7, 11) is -4.36. The van der Waals surface area contributed by atoms with Crippen LogP contribution in [0.25, 0.3) is 0 Å². The number of unbranched alkanes of at least 4 members (excludes halogenated alkanes) is 21. The van der Waals surface area contributed by atoms with E-state index in [2.05, 4.69) is 26.0 Å². The summed E-state index contributed by atoms with van der Waals surface area (Å²) in [5.41, 5.74) is 5.33. The summed E-state index contributed by atoms with van der Waals surface area (Å²) in [5.74, 6) is -0.834. The number of ether oxygens (including phenoxy) is 2. The van der Waals surface area contributed by atoms with Gasteiger partial charge < -0.3 is 20.1 Å². The molecule has 10 heteroatoms. The van der Waals surface area contributed by atoms with Crippen LogP contribution in [0.15, 0.2) is 12.2 Å². The molecule has 47 heavy (non-hydrogen) atoms. The topological polar surface area (TPSA) is 134 Å². The minimum atomic E-state index is -4.36. The van der Waals surface area contributed by atoms with Crippen molar-refractivity contribution >= 4 is 19.8 Å². The quantitative estimate of drug-likeness (QED) is 0.0285. The lowest BCUT2D eigenvalue weighted by atomic mass is 10.1. The largest absolute Gasteiger partial charge is 0.472 e. The molecule has 2 atom stereocenters. The first-order valence-electron chi connectivity index (χ1n) is 19.2. The molecule has 0 amide bonds. The number of phosphoric ester groups is 1. The molecular formula is C37H72NO8P. The Kier molecular flexibility index (Phi) is 33.7. The van der Waals surface area contributed by atoms with Crippen LogP contribution in [0.4, 0.5) is 0 Å². The third-order valence-electron chi connectivity index (χ3n) is 8.15. The number of carbonyl (C=O) groups is 2. The zero-order valence-electron chi connectivity index (χ0n) is 30.3. The van der Waals surface area contributed by atoms with E-state index in [0.29, 0.717) is 6.42 Å². The van der Waals surface area contributed by atoms with Gasteiger partial charge in [0.25, 0.3) is 0 Å². The first kappa shape index (κ1) is 45.8. The Morgan fingerprint density at radius 3 is 1.51 bits per heavy atom. The van der Waals surface area contributed by atoms with Crippen LogP contribution in [0.3, 0.4) is 0 Å². The van der Waals surface area contributed by atoms with Crippen molar-refractivity contribution in [2.45, 2.75) is 187 Å². The molecule has 0 aliphatic carbocycles. The van der Waals surface area contributed by atoms with Gasteiger partial charge in [-0.1, -0.05) is 142 Å². The molecule has 0 rings (SSSR count). The van der Waals surface area contributed by atoms with Crippen molar-refractivity contribution in [3.8, 4) is 0 Å². The van der Waals surface area contributed by atoms with E-state index in [-0.39, 0.29) is 38.6 Å². The number of phosphoric acid groups is 1. The van der Waals surface area contributed by atoms with Crippen LogP contribution >= 0.6 is 7.82 Å². The van der Waals surface area contributed by atoms with Gasteiger partial charge in [-0.3, -0.25) is 18.6 Å². The van der Waals surface area contributed by atoms with E-state index in [1.807, 2.05) is 0 Å². The van der Waals surface area contributed by atoms with Gasteiger partial charge >= 0.3 is 19.8 Å². The van der Waals surface area contributed by atoms with Crippen LogP contribution < -0.4 is 5.73 Å². The molecule has 0 aliphatic heterocycles. The van der Waals surface area contributed by atoms with Gasteiger partial charge in [-0.15, -0.1) is 0 Å². The third-order valence-corrected chi connectivity index (χ3v) is 9.14. The third kappa shape index (κ3) is 34.4. The molecule has 0 radical (unpaired) electrons. The summed E-state index contributed by atoms with van der Waals surface area (Å²) in [6.45, 7) is 3.71. The van der Waals surface area contributed by atoms with Crippen LogP contribution in [0, 0.1) is 0 Å². The highest BCUT2D eigenvalue weighted by atomic mass is 31.2. The Bertz CT molecular complexity index is 794. The Morgan fingerprint density at radius 1 is 0.617 bits per heavy atom. The molecular weight excluding hydrogens is 617 g/mol. The fourth-order valence-corrected chi connectivity index (χ4v) is 6.04. The highest BCUT2D eigenvalue weighted by molar-refractivity contribution is 7.47. The fraction of sp³-hybridized carbons (Fsp3) is 0.892. The van der Waals surface area contributed by atoms with E-state index in [1.54, 1.807) is 0 Å². The number of allylic oxidation sites excluding steroid dienone is 2. The lowest BCUT2D eigenvalue weighted by Gasteiger charge is -2.19. The first-order chi connectivity index (χ1) is 22.8. The fourth-order valence-electron chi connectivity index (χ4n) is 5.28. The van der Waals surface area contributed by atoms with Crippen molar-refractivity contribution < 1.29 is 37.6 Å². The highest BCUT2D eigenvalue weighted by Gasteiger charge is 2.25. The molecule has 1 unspecified atom stereocenters. The second kappa shape index (κ2) is 34.6. The van der Waals surface area contributed by atoms with Crippen molar-refractivity contribution in [3.05, 3.63) is 12.2 Å². The zero-order valence-corrected chi connectivity index (χ0v) is 31.2. The molecule has 0 aromatic rings. The molecule has 9 nitrogen and oxygen atoms in total. The molecule has 3 N–H and O–H groups in total. The lowest BCUT2D eigenvalue weighted by Crippen LogP contribution is -2.29. The number of hydrogen-bond donors (Lipinski definition) is 2. The molecule has 0 fully saturated rings. The predicted octanol–water partition coefficient (Wildman–Crippen LogP) is 10.3. The molecule has 0 saturated heterocycles. The summed E-state index contributed by atoms with van der Waals surface area (Å²) >= 11 is 0. The molecule has 278 valence electrons. The minimum Gasteiger partial charge on any atom is -0.462 e. The van der Waals surface area contributed by atoms with Gasteiger partial charge in [-0.05, 0) is 38.5 Å². The van der Waals surface area contributed by atoms with Crippen LogP contribution in [-0.2, 0) is 32.7 Å². The van der Waals surface area contributed by atoms with Crippen LogP contribution in [-0.4, -0.2) is 49.3 Å². The van der Waals surface area contributed by atoms with Gasteiger partial charge in [-0.25, -0.2) is 4.57 Å². The van der Waals surface area contributed by atoms with Crippen molar-refractivity contribution in [3.63, 3.8) is 0 Å². The number of rotatable bonds is 36. The van der Waals surface area contributed by atoms with Gasteiger partial charge in [-0.2, -0.15) is 0 Å². The van der Waals surface area contributed by atoms with Gasteiger partial charge in [0, 0.05) is 19.4 Å². The highest BCUT2D eigenvalue weighted by Crippen LogP contribution is 2.43. The second-order valence-electron chi connectivity index (χ2n) is 12.8. The predicted molar refractivity (Wildman–Crippen MR) is 192 cm³/mol. The van der Waals surface area contributed by atoms with Crippen LogP contribution in [0.2, 0.25) is 0 Å². The standard InChI is InChI=1S/C37H72NO8P/c1-3-5-7-9-11-13-15-16-17-18-20-21-23-25-27-29-36(39)43-33-35(34-45-47(41,42)44-32-31-38)46-37(40)30-28-26-24-22-19-14-12-10-8-6-4-2/h16-17,35H,3-15,18-34,38H2,1-2H3,(H,41,42)/b17-16-/t35-/m1/s1. The molecule has 0 aromatic heterocycles. The molecule has 0 heterocycles. The van der Waals surface area contributed by atoms with Crippen molar-refractivity contribution in [2.24, 2.45) is 5.73 Å². The average Bonchev–Trinajstić information content (AvgIpc) is 3.05. The van der Waals surface area contributed by atoms with E-state index < -0.39 is 26.5 Å². The smallest absolute Gasteiger partial charge is 0.462 e.